The van der Waals surface area contributed by atoms with Crippen LogP contribution in [0.4, 0.5) is 4.39 Å². The van der Waals surface area contributed by atoms with Crippen LogP contribution < -0.4 is 0 Å². The molecule has 0 unspecified atom stereocenters. The molecular formula is C19H18ClFN4O. The molecule has 26 heavy (non-hydrogen) atoms. The van der Waals surface area contributed by atoms with E-state index < -0.39 is 5.82 Å². The number of halogens is 2. The van der Waals surface area contributed by atoms with Crippen molar-refractivity contribution in [1.29, 1.82) is 0 Å². The van der Waals surface area contributed by atoms with Gasteiger partial charge < -0.3 is 9.88 Å². The SMILES string of the molecule is O=C(c1cc2c(Cl)cc(F)cc2[nH]1)N1CCc2n[nH]c(C3CCC3)c2C1. The van der Waals surface area contributed by atoms with Crippen LogP contribution in [0.15, 0.2) is 18.2 Å². The lowest BCUT2D eigenvalue weighted by Gasteiger charge is -2.30. The Labute approximate surface area is 154 Å². The number of hydrogen-bond donors (Lipinski definition) is 2. The summed E-state index contributed by atoms with van der Waals surface area (Å²) in [5, 5.41) is 8.61. The number of nitrogens with one attached hydrogen (secondary N) is 2. The van der Waals surface area contributed by atoms with E-state index in [4.69, 9.17) is 11.6 Å². The van der Waals surface area contributed by atoms with Crippen LogP contribution in [0.2, 0.25) is 5.02 Å². The van der Waals surface area contributed by atoms with Crippen LogP contribution in [0.3, 0.4) is 0 Å². The highest BCUT2D eigenvalue weighted by atomic mass is 35.5. The molecule has 1 aromatic carbocycles. The molecule has 0 atom stereocenters. The third-order valence-corrected chi connectivity index (χ3v) is 5.95. The second-order valence-corrected chi connectivity index (χ2v) is 7.61. The lowest BCUT2D eigenvalue weighted by molar-refractivity contribution is 0.0728. The Morgan fingerprint density at radius 1 is 1.31 bits per heavy atom. The molecule has 0 radical (unpaired) electrons. The summed E-state index contributed by atoms with van der Waals surface area (Å²) in [4.78, 5) is 17.8. The van der Waals surface area contributed by atoms with Crippen molar-refractivity contribution in [2.45, 2.75) is 38.1 Å². The zero-order chi connectivity index (χ0) is 17.8. The zero-order valence-electron chi connectivity index (χ0n) is 14.1. The Balaban J connectivity index is 1.45. The van der Waals surface area contributed by atoms with Gasteiger partial charge in [0.1, 0.15) is 11.5 Å². The van der Waals surface area contributed by atoms with E-state index in [0.29, 0.717) is 40.6 Å². The minimum Gasteiger partial charge on any atom is -0.350 e. The van der Waals surface area contributed by atoms with Crippen molar-refractivity contribution >= 4 is 28.4 Å². The van der Waals surface area contributed by atoms with E-state index in [1.54, 1.807) is 6.07 Å². The number of H-pyrrole nitrogens is 2. The Kier molecular flexibility index (Phi) is 3.57. The Morgan fingerprint density at radius 2 is 2.15 bits per heavy atom. The van der Waals surface area contributed by atoms with Crippen molar-refractivity contribution in [2.24, 2.45) is 0 Å². The largest absolute Gasteiger partial charge is 0.350 e. The Morgan fingerprint density at radius 3 is 2.92 bits per heavy atom. The standard InChI is InChI=1S/C19H18ClFN4O/c20-14-6-11(21)7-16-12(14)8-17(22-16)19(26)25-5-4-15-13(9-25)18(24-23-15)10-2-1-3-10/h6-8,10,22H,1-5,9H2,(H,23,24). The molecule has 0 saturated heterocycles. The first-order valence-corrected chi connectivity index (χ1v) is 9.31. The first kappa shape index (κ1) is 15.9. The van der Waals surface area contributed by atoms with E-state index >= 15 is 0 Å². The molecule has 1 amide bonds. The summed E-state index contributed by atoms with van der Waals surface area (Å²) in [5.41, 5.74) is 4.43. The molecule has 0 bridgehead atoms. The minimum atomic E-state index is -0.422. The monoisotopic (exact) mass is 372 g/mol. The highest BCUT2D eigenvalue weighted by molar-refractivity contribution is 6.35. The van der Waals surface area contributed by atoms with Gasteiger partial charge in [-0.05, 0) is 31.0 Å². The molecule has 1 saturated carbocycles. The van der Waals surface area contributed by atoms with Gasteiger partial charge in [-0.25, -0.2) is 4.39 Å². The number of hydrogen-bond acceptors (Lipinski definition) is 2. The van der Waals surface area contributed by atoms with Gasteiger partial charge in [0, 0.05) is 42.1 Å². The van der Waals surface area contributed by atoms with Gasteiger partial charge in [-0.3, -0.25) is 9.89 Å². The molecule has 2 aliphatic rings. The summed E-state index contributed by atoms with van der Waals surface area (Å²) < 4.78 is 13.5. The summed E-state index contributed by atoms with van der Waals surface area (Å²) in [5.74, 6) is 0.0368. The summed E-state index contributed by atoms with van der Waals surface area (Å²) in [6.45, 7) is 1.19. The normalized spacial score (nSPS) is 17.4. The van der Waals surface area contributed by atoms with Crippen LogP contribution in [0, 0.1) is 5.82 Å². The van der Waals surface area contributed by atoms with Gasteiger partial charge in [0.2, 0.25) is 0 Å². The van der Waals surface area contributed by atoms with E-state index in [2.05, 4.69) is 15.2 Å². The second-order valence-electron chi connectivity index (χ2n) is 7.20. The number of nitrogens with zero attached hydrogens (tertiary/aromatic N) is 2. The number of amides is 1. The van der Waals surface area contributed by atoms with Crippen LogP contribution in [0.25, 0.3) is 10.9 Å². The summed E-state index contributed by atoms with van der Waals surface area (Å²) in [6, 6.07) is 4.32. The van der Waals surface area contributed by atoms with Crippen LogP contribution in [0.5, 0.6) is 0 Å². The fourth-order valence-corrected chi connectivity index (χ4v) is 4.23. The predicted octanol–water partition coefficient (Wildman–Crippen LogP) is 4.15. The average Bonchev–Trinajstić information content (AvgIpc) is 3.17. The van der Waals surface area contributed by atoms with Crippen LogP contribution in [-0.2, 0) is 13.0 Å². The van der Waals surface area contributed by atoms with Crippen molar-refractivity contribution in [3.63, 3.8) is 0 Å². The number of benzene rings is 1. The van der Waals surface area contributed by atoms with E-state index in [0.717, 1.165) is 12.1 Å². The molecule has 1 aliphatic carbocycles. The van der Waals surface area contributed by atoms with E-state index in [-0.39, 0.29) is 5.91 Å². The molecule has 3 heterocycles. The fraction of sp³-hybridized carbons (Fsp3) is 0.368. The van der Waals surface area contributed by atoms with Gasteiger partial charge in [0.05, 0.1) is 16.2 Å². The summed E-state index contributed by atoms with van der Waals surface area (Å²) in [6.07, 6.45) is 4.39. The summed E-state index contributed by atoms with van der Waals surface area (Å²) in [7, 11) is 0. The first-order valence-electron chi connectivity index (χ1n) is 8.93. The maximum atomic E-state index is 13.5. The van der Waals surface area contributed by atoms with Gasteiger partial charge in [-0.1, -0.05) is 18.0 Å². The van der Waals surface area contributed by atoms with Gasteiger partial charge >= 0.3 is 0 Å². The van der Waals surface area contributed by atoms with Crippen LogP contribution >= 0.6 is 11.6 Å². The van der Waals surface area contributed by atoms with Crippen molar-refractivity contribution in [2.75, 3.05) is 6.54 Å². The number of aromatic amines is 2. The van der Waals surface area contributed by atoms with Gasteiger partial charge in [0.15, 0.2) is 0 Å². The molecule has 5 rings (SSSR count). The molecule has 0 spiro atoms. The van der Waals surface area contributed by atoms with Gasteiger partial charge in [0.25, 0.3) is 5.91 Å². The number of rotatable bonds is 2. The van der Waals surface area contributed by atoms with Crippen LogP contribution in [-0.4, -0.2) is 32.5 Å². The third kappa shape index (κ3) is 2.43. The predicted molar refractivity (Wildman–Crippen MR) is 96.9 cm³/mol. The van der Waals surface area contributed by atoms with Gasteiger partial charge in [-0.2, -0.15) is 5.10 Å². The smallest absolute Gasteiger partial charge is 0.270 e. The first-order chi connectivity index (χ1) is 12.6. The molecule has 5 nitrogen and oxygen atoms in total. The zero-order valence-corrected chi connectivity index (χ0v) is 14.9. The maximum absolute atomic E-state index is 13.5. The number of carbonyl (C=O) groups is 1. The Hall–Kier alpha value is -2.34. The molecular weight excluding hydrogens is 355 g/mol. The topological polar surface area (TPSA) is 64.8 Å². The molecule has 2 aromatic heterocycles. The molecule has 1 fully saturated rings. The Bertz CT molecular complexity index is 1020. The van der Waals surface area contributed by atoms with E-state index in [9.17, 15) is 9.18 Å². The number of aromatic nitrogens is 3. The van der Waals surface area contributed by atoms with Gasteiger partial charge in [-0.15, -0.1) is 0 Å². The molecule has 1 aliphatic heterocycles. The third-order valence-electron chi connectivity index (χ3n) is 5.64. The average molecular weight is 373 g/mol. The summed E-state index contributed by atoms with van der Waals surface area (Å²) >= 11 is 6.10. The van der Waals surface area contributed by atoms with Crippen LogP contribution in [0.1, 0.15) is 52.6 Å². The fourth-order valence-electron chi connectivity index (χ4n) is 3.97. The molecule has 7 heteroatoms. The highest BCUT2D eigenvalue weighted by Gasteiger charge is 2.31. The minimum absolute atomic E-state index is 0.0934. The molecule has 134 valence electrons. The number of fused-ring (bicyclic) bond motifs is 2. The second kappa shape index (κ2) is 5.84. The number of carbonyl (C=O) groups excluding carboxylic acids is 1. The highest BCUT2D eigenvalue weighted by Crippen LogP contribution is 2.39. The van der Waals surface area contributed by atoms with Crippen molar-refractivity contribution in [3.05, 3.63) is 51.7 Å². The van der Waals surface area contributed by atoms with E-state index in [1.165, 1.54) is 42.7 Å². The lowest BCUT2D eigenvalue weighted by atomic mass is 9.81. The maximum Gasteiger partial charge on any atom is 0.270 e. The van der Waals surface area contributed by atoms with E-state index in [1.807, 2.05) is 4.90 Å². The van der Waals surface area contributed by atoms with Crippen molar-refractivity contribution in [3.8, 4) is 0 Å². The lowest BCUT2D eigenvalue weighted by Crippen LogP contribution is -2.36. The van der Waals surface area contributed by atoms with Crippen molar-refractivity contribution in [1.82, 2.24) is 20.1 Å². The molecule has 2 N–H and O–H groups in total. The quantitative estimate of drug-likeness (QED) is 0.709. The molecule has 3 aromatic rings. The van der Waals surface area contributed by atoms with Crippen molar-refractivity contribution < 1.29 is 9.18 Å².